The minimum Gasteiger partial charge on any atom is -0.394 e. The summed E-state index contributed by atoms with van der Waals surface area (Å²) < 4.78 is 0. The standard InChI is InChI=1S/C15H26N4O/c1-3-7-13-14(16-2)17-11-18-15(13)19-9-6-4-5-8-12(19)10-20/h11-12,20H,3-10H2,1-2H3,(H,16,17,18). The number of hydrogen-bond acceptors (Lipinski definition) is 5. The summed E-state index contributed by atoms with van der Waals surface area (Å²) in [6, 6.07) is 0.188. The zero-order valence-electron chi connectivity index (χ0n) is 12.6. The Morgan fingerprint density at radius 2 is 2.20 bits per heavy atom. The highest BCUT2D eigenvalue weighted by Gasteiger charge is 2.24. The second-order valence-electron chi connectivity index (χ2n) is 5.40. The molecule has 5 nitrogen and oxygen atoms in total. The van der Waals surface area contributed by atoms with Crippen molar-refractivity contribution in [2.45, 2.75) is 51.5 Å². The number of rotatable bonds is 5. The Balaban J connectivity index is 2.37. The lowest BCUT2D eigenvalue weighted by molar-refractivity contribution is 0.254. The van der Waals surface area contributed by atoms with Gasteiger partial charge in [0.15, 0.2) is 0 Å². The van der Waals surface area contributed by atoms with Gasteiger partial charge >= 0.3 is 0 Å². The summed E-state index contributed by atoms with van der Waals surface area (Å²) in [6.07, 6.45) is 8.28. The molecule has 1 saturated heterocycles. The molecule has 0 radical (unpaired) electrons. The lowest BCUT2D eigenvalue weighted by Gasteiger charge is -2.31. The molecule has 2 heterocycles. The van der Waals surface area contributed by atoms with E-state index in [2.05, 4.69) is 27.1 Å². The minimum atomic E-state index is 0.188. The first-order chi connectivity index (χ1) is 9.81. The maximum absolute atomic E-state index is 9.69. The molecule has 0 saturated carbocycles. The van der Waals surface area contributed by atoms with Gasteiger partial charge in [0.25, 0.3) is 0 Å². The molecule has 1 aliphatic heterocycles. The number of aromatic nitrogens is 2. The predicted octanol–water partition coefficient (Wildman–Crippen LogP) is 2.21. The van der Waals surface area contributed by atoms with Crippen molar-refractivity contribution in [3.05, 3.63) is 11.9 Å². The molecule has 20 heavy (non-hydrogen) atoms. The van der Waals surface area contributed by atoms with Crippen LogP contribution < -0.4 is 10.2 Å². The SMILES string of the molecule is CCCc1c(NC)ncnc1N1CCCCCC1CO. The number of hydrogen-bond donors (Lipinski definition) is 2. The van der Waals surface area contributed by atoms with Crippen LogP contribution in [0, 0.1) is 0 Å². The molecule has 112 valence electrons. The zero-order chi connectivity index (χ0) is 14.4. The quantitative estimate of drug-likeness (QED) is 0.864. The molecule has 2 rings (SSSR count). The third-order valence-electron chi connectivity index (χ3n) is 4.02. The van der Waals surface area contributed by atoms with Crippen LogP contribution in [0.2, 0.25) is 0 Å². The van der Waals surface area contributed by atoms with Crippen molar-refractivity contribution < 1.29 is 5.11 Å². The number of aliphatic hydroxyl groups excluding tert-OH is 1. The first-order valence-corrected chi connectivity index (χ1v) is 7.71. The highest BCUT2D eigenvalue weighted by atomic mass is 16.3. The summed E-state index contributed by atoms with van der Waals surface area (Å²) in [7, 11) is 1.90. The molecule has 1 aromatic rings. The van der Waals surface area contributed by atoms with Crippen LogP contribution in [0.4, 0.5) is 11.6 Å². The predicted molar refractivity (Wildman–Crippen MR) is 82.3 cm³/mol. The summed E-state index contributed by atoms with van der Waals surface area (Å²) in [5, 5.41) is 12.9. The Morgan fingerprint density at radius 1 is 1.35 bits per heavy atom. The van der Waals surface area contributed by atoms with Crippen molar-refractivity contribution in [3.63, 3.8) is 0 Å². The lowest BCUT2D eigenvalue weighted by atomic mass is 10.1. The molecule has 1 unspecified atom stereocenters. The second kappa shape index (κ2) is 7.43. The van der Waals surface area contributed by atoms with E-state index in [0.29, 0.717) is 0 Å². The third kappa shape index (κ3) is 3.20. The van der Waals surface area contributed by atoms with Crippen molar-refractivity contribution in [2.75, 3.05) is 30.4 Å². The number of aliphatic hydroxyl groups is 1. The van der Waals surface area contributed by atoms with Crippen LogP contribution in [0.1, 0.15) is 44.6 Å². The van der Waals surface area contributed by atoms with Crippen molar-refractivity contribution in [1.29, 1.82) is 0 Å². The van der Waals surface area contributed by atoms with Gasteiger partial charge in [0, 0.05) is 19.2 Å². The van der Waals surface area contributed by atoms with E-state index in [1.54, 1.807) is 6.33 Å². The Bertz CT molecular complexity index is 424. The maximum Gasteiger partial charge on any atom is 0.137 e. The molecule has 5 heteroatoms. The Morgan fingerprint density at radius 3 is 2.90 bits per heavy atom. The first-order valence-electron chi connectivity index (χ1n) is 7.71. The van der Waals surface area contributed by atoms with Gasteiger partial charge in [-0.15, -0.1) is 0 Å². The maximum atomic E-state index is 9.69. The van der Waals surface area contributed by atoms with Gasteiger partial charge in [-0.3, -0.25) is 0 Å². The fourth-order valence-corrected chi connectivity index (χ4v) is 2.99. The average Bonchev–Trinajstić information content (AvgIpc) is 2.73. The minimum absolute atomic E-state index is 0.188. The number of nitrogens with one attached hydrogen (secondary N) is 1. The molecule has 0 aromatic carbocycles. The zero-order valence-corrected chi connectivity index (χ0v) is 12.6. The van der Waals surface area contributed by atoms with E-state index in [1.807, 2.05) is 7.05 Å². The van der Waals surface area contributed by atoms with E-state index >= 15 is 0 Å². The van der Waals surface area contributed by atoms with E-state index < -0.39 is 0 Å². The van der Waals surface area contributed by atoms with Gasteiger partial charge in [0.1, 0.15) is 18.0 Å². The van der Waals surface area contributed by atoms with Crippen LogP contribution in [-0.2, 0) is 6.42 Å². The van der Waals surface area contributed by atoms with Crippen LogP contribution in [0.15, 0.2) is 6.33 Å². The van der Waals surface area contributed by atoms with Crippen molar-refractivity contribution in [3.8, 4) is 0 Å². The molecule has 0 amide bonds. The fraction of sp³-hybridized carbons (Fsp3) is 0.733. The largest absolute Gasteiger partial charge is 0.394 e. The van der Waals surface area contributed by atoms with Crippen LogP contribution >= 0.6 is 0 Å². The van der Waals surface area contributed by atoms with Gasteiger partial charge in [-0.2, -0.15) is 0 Å². The highest BCUT2D eigenvalue weighted by molar-refractivity contribution is 5.59. The summed E-state index contributed by atoms with van der Waals surface area (Å²) in [4.78, 5) is 11.2. The van der Waals surface area contributed by atoms with Crippen LogP contribution in [0.3, 0.4) is 0 Å². The molecule has 1 fully saturated rings. The summed E-state index contributed by atoms with van der Waals surface area (Å²) in [5.74, 6) is 1.92. The van der Waals surface area contributed by atoms with E-state index in [4.69, 9.17) is 0 Å². The number of anilines is 2. The molecule has 0 aliphatic carbocycles. The normalized spacial score (nSPS) is 19.8. The molecular weight excluding hydrogens is 252 g/mol. The fourth-order valence-electron chi connectivity index (χ4n) is 2.99. The van der Waals surface area contributed by atoms with Gasteiger partial charge in [-0.25, -0.2) is 9.97 Å². The van der Waals surface area contributed by atoms with Gasteiger partial charge in [-0.05, 0) is 19.3 Å². The Hall–Kier alpha value is -1.36. The molecule has 2 N–H and O–H groups in total. The highest BCUT2D eigenvalue weighted by Crippen LogP contribution is 2.29. The topological polar surface area (TPSA) is 61.3 Å². The Kier molecular flexibility index (Phi) is 5.59. The summed E-state index contributed by atoms with van der Waals surface area (Å²) >= 11 is 0. The van der Waals surface area contributed by atoms with Crippen LogP contribution in [0.25, 0.3) is 0 Å². The van der Waals surface area contributed by atoms with Crippen molar-refractivity contribution >= 4 is 11.6 Å². The van der Waals surface area contributed by atoms with Crippen molar-refractivity contribution in [2.24, 2.45) is 0 Å². The summed E-state index contributed by atoms with van der Waals surface area (Å²) in [6.45, 7) is 3.34. The van der Waals surface area contributed by atoms with E-state index in [9.17, 15) is 5.11 Å². The molecule has 1 aromatic heterocycles. The summed E-state index contributed by atoms with van der Waals surface area (Å²) in [5.41, 5.74) is 1.18. The lowest BCUT2D eigenvalue weighted by Crippen LogP contribution is -2.39. The Labute approximate surface area is 121 Å². The molecule has 0 spiro atoms. The van der Waals surface area contributed by atoms with Crippen LogP contribution in [-0.4, -0.2) is 41.3 Å². The van der Waals surface area contributed by atoms with Crippen LogP contribution in [0.5, 0.6) is 0 Å². The van der Waals surface area contributed by atoms with E-state index in [1.165, 1.54) is 24.8 Å². The monoisotopic (exact) mass is 278 g/mol. The van der Waals surface area contributed by atoms with Gasteiger partial charge in [0.2, 0.25) is 0 Å². The van der Waals surface area contributed by atoms with Crippen molar-refractivity contribution in [1.82, 2.24) is 9.97 Å². The van der Waals surface area contributed by atoms with Gasteiger partial charge < -0.3 is 15.3 Å². The second-order valence-corrected chi connectivity index (χ2v) is 5.40. The van der Waals surface area contributed by atoms with E-state index in [-0.39, 0.29) is 12.6 Å². The molecule has 1 aliphatic rings. The van der Waals surface area contributed by atoms with Gasteiger partial charge in [-0.1, -0.05) is 26.2 Å². The molecular formula is C15H26N4O. The average molecular weight is 278 g/mol. The number of nitrogens with zero attached hydrogens (tertiary/aromatic N) is 3. The van der Waals surface area contributed by atoms with E-state index in [0.717, 1.165) is 37.4 Å². The third-order valence-corrected chi connectivity index (χ3v) is 4.02. The molecule has 1 atom stereocenters. The smallest absolute Gasteiger partial charge is 0.137 e. The first kappa shape index (κ1) is 15.0. The van der Waals surface area contributed by atoms with Gasteiger partial charge in [0.05, 0.1) is 12.6 Å². The molecule has 0 bridgehead atoms.